The molecular formula is C116H64N10OS. The summed E-state index contributed by atoms with van der Waals surface area (Å²) in [6.45, 7) is 0. The van der Waals surface area contributed by atoms with E-state index in [9.17, 15) is 0 Å². The van der Waals surface area contributed by atoms with Crippen molar-refractivity contribution in [1.29, 1.82) is 0 Å². The lowest BCUT2D eigenvalue weighted by atomic mass is 9.93. The third-order valence-electron chi connectivity index (χ3n) is 27.1. The molecule has 11 nitrogen and oxygen atoms in total. The third-order valence-corrected chi connectivity index (χ3v) is 28.3. The molecule has 0 spiro atoms. The van der Waals surface area contributed by atoms with Gasteiger partial charge in [0, 0.05) is 134 Å². The van der Waals surface area contributed by atoms with E-state index in [2.05, 4.69) is 407 Å². The highest BCUT2D eigenvalue weighted by atomic mass is 32.1. The van der Waals surface area contributed by atoms with E-state index in [1.807, 2.05) is 11.3 Å². The van der Waals surface area contributed by atoms with Crippen LogP contribution in [0.15, 0.2) is 393 Å². The first-order valence-electron chi connectivity index (χ1n) is 43.4. The standard InChI is InChI=1S/C116H64N10OS/c1-3-24-65(25-4-1)107-80-34-9-15-42-91(80)117-114(120-107)124-96-56-51-68-61-89(96)90-62-70(52-57-97(90)124)69-50-55-95-88(60-69)77-53-48-71(63-98(77)123(95)75-30-5-2-6-31-75)67-27-22-29-74(59-67)109-82-36-11-17-44-93(82)119-116(122-109)126-99-64-72(49-54-84(99)104-106-86-39-14-20-47-101(86)128-113(106)79-33-8-7-32-78(79)110(104)126)76-40-23-41-87-102(76)112-105(85-38-13-19-46-100(85)127-112)103-83-37-12-18-45-94(83)125(111(87)103)115-118-92-43-16-10-35-81(92)108(121-115)73-28-21-26-66(68)58-73/h1-64H. The van der Waals surface area contributed by atoms with Crippen LogP contribution in [0.4, 0.5) is 0 Å². The first-order chi connectivity index (χ1) is 63.5. The molecule has 30 rings (SSSR count). The largest absolute Gasteiger partial charge is 0.455 e. The second-order valence-corrected chi connectivity index (χ2v) is 34.9. The van der Waals surface area contributed by atoms with Gasteiger partial charge in [-0.05, 0) is 154 Å². The van der Waals surface area contributed by atoms with E-state index < -0.39 is 0 Å². The maximum atomic E-state index is 7.46. The van der Waals surface area contributed by atoms with Crippen molar-refractivity contribution in [3.05, 3.63) is 388 Å². The van der Waals surface area contributed by atoms with Crippen molar-refractivity contribution in [3.63, 3.8) is 0 Å². The highest BCUT2D eigenvalue weighted by Crippen LogP contribution is 2.53. The molecule has 2 aliphatic rings. The lowest BCUT2D eigenvalue weighted by molar-refractivity contribution is 0.673. The van der Waals surface area contributed by atoms with Crippen molar-refractivity contribution in [2.45, 2.75) is 0 Å². The summed E-state index contributed by atoms with van der Waals surface area (Å²) in [7, 11) is 0. The van der Waals surface area contributed by atoms with Crippen molar-refractivity contribution in [2.75, 3.05) is 0 Å². The molecule has 0 aliphatic carbocycles. The Morgan fingerprint density at radius 1 is 0.211 bits per heavy atom. The Morgan fingerprint density at radius 3 is 1.28 bits per heavy atom. The van der Waals surface area contributed by atoms with Gasteiger partial charge in [0.05, 0.1) is 77.8 Å². The van der Waals surface area contributed by atoms with Crippen molar-refractivity contribution in [1.82, 2.24) is 48.2 Å². The Hall–Kier alpha value is -17.1. The molecule has 28 aromatic rings. The first-order valence-corrected chi connectivity index (χ1v) is 44.2. The smallest absolute Gasteiger partial charge is 0.235 e. The number of para-hydroxylation sites is 6. The number of hydrogen-bond donors (Lipinski definition) is 0. The Morgan fingerprint density at radius 2 is 0.625 bits per heavy atom. The number of nitrogens with zero attached hydrogens (tertiary/aromatic N) is 10. The van der Waals surface area contributed by atoms with Gasteiger partial charge in [-0.2, -0.15) is 0 Å². The molecule has 0 atom stereocenters. The molecule has 0 saturated heterocycles. The normalized spacial score (nSPS) is 12.4. The van der Waals surface area contributed by atoms with Crippen molar-refractivity contribution < 1.29 is 4.42 Å². The average molecular weight is 1650 g/mol. The Labute approximate surface area is 732 Å². The van der Waals surface area contributed by atoms with Gasteiger partial charge in [0.2, 0.25) is 17.8 Å². The van der Waals surface area contributed by atoms with Crippen LogP contribution in [0, 0.1) is 0 Å². The summed E-state index contributed by atoms with van der Waals surface area (Å²) < 4.78 is 19.3. The quantitative estimate of drug-likeness (QED) is 0.173. The second kappa shape index (κ2) is 26.3. The van der Waals surface area contributed by atoms with Crippen LogP contribution >= 0.6 is 11.3 Å². The maximum absolute atomic E-state index is 7.46. The lowest BCUT2D eigenvalue weighted by Crippen LogP contribution is -2.04. The number of hydrogen-bond acceptors (Lipinski definition) is 8. The van der Waals surface area contributed by atoms with E-state index in [1.165, 1.54) is 25.6 Å². The van der Waals surface area contributed by atoms with Crippen LogP contribution in [-0.4, -0.2) is 48.2 Å². The fraction of sp³-hybridized carbons (Fsp3) is 0. The summed E-state index contributed by atoms with van der Waals surface area (Å²) in [6.07, 6.45) is 0. The van der Waals surface area contributed by atoms with E-state index in [1.54, 1.807) is 0 Å². The Bertz CT molecular complexity index is 9820. The average Bonchev–Trinajstić information content (AvgIpc) is 1.53. The van der Waals surface area contributed by atoms with Crippen LogP contribution in [-0.2, 0) is 0 Å². The third kappa shape index (κ3) is 9.85. The molecule has 0 unspecified atom stereocenters. The van der Waals surface area contributed by atoms with Crippen LogP contribution in [0.5, 0.6) is 0 Å². The zero-order valence-electron chi connectivity index (χ0n) is 68.2. The number of rotatable bonds is 3. The van der Waals surface area contributed by atoms with E-state index in [-0.39, 0.29) is 0 Å². The zero-order chi connectivity index (χ0) is 83.2. The molecule has 0 N–H and O–H groups in total. The Balaban J connectivity index is 0.731. The van der Waals surface area contributed by atoms with Gasteiger partial charge in [0.1, 0.15) is 11.2 Å². The van der Waals surface area contributed by atoms with Gasteiger partial charge in [-0.25, -0.2) is 29.9 Å². The SMILES string of the molecule is c1ccc(-c2nc(-n3c4ccc5cc4c4cc(ccc43)-c3ccc4c(c3)c3ccc(cc3n4-c3ccccc3)-c3cccc(c3)-c3nc(nc4ccccc34)-n3c4cc(ccc4c4c6c7ccccc7sc6c6ccccc6c43)-c3cccc4c3c3oc6ccccc6c3c3c6ccccc6n(c43)-c3nc(c4ccccc4n3)-c3cccc-5c3)nc3ccccc23)cc1. The molecule has 11 heterocycles. The minimum absolute atomic E-state index is 0.546. The van der Waals surface area contributed by atoms with Crippen LogP contribution in [0.1, 0.15) is 0 Å². The highest BCUT2D eigenvalue weighted by molar-refractivity contribution is 7.27. The summed E-state index contributed by atoms with van der Waals surface area (Å²) in [5.41, 5.74) is 27.2. The van der Waals surface area contributed by atoms with Crippen molar-refractivity contribution >= 4 is 195 Å². The van der Waals surface area contributed by atoms with Crippen LogP contribution in [0.3, 0.4) is 0 Å². The molecule has 12 heteroatoms. The fourth-order valence-electron chi connectivity index (χ4n) is 21.5. The molecule has 19 aromatic carbocycles. The van der Waals surface area contributed by atoms with Gasteiger partial charge in [-0.3, -0.25) is 13.7 Å². The van der Waals surface area contributed by atoms with Crippen LogP contribution < -0.4 is 0 Å². The molecule has 2 aliphatic heterocycles. The van der Waals surface area contributed by atoms with Crippen molar-refractivity contribution in [3.8, 4) is 102 Å². The number of furan rings is 1. The van der Waals surface area contributed by atoms with Gasteiger partial charge < -0.3 is 8.98 Å². The minimum atomic E-state index is 0.546. The maximum Gasteiger partial charge on any atom is 0.235 e. The summed E-state index contributed by atoms with van der Waals surface area (Å²) in [5.74, 6) is 1.70. The molecule has 23 bridgehead atoms. The van der Waals surface area contributed by atoms with E-state index in [0.717, 1.165) is 242 Å². The molecule has 0 fully saturated rings. The van der Waals surface area contributed by atoms with Gasteiger partial charge in [-0.15, -0.1) is 11.3 Å². The number of aromatic nitrogens is 10. The Kier molecular flexibility index (Phi) is 14.2. The van der Waals surface area contributed by atoms with Gasteiger partial charge in [0.25, 0.3) is 0 Å². The van der Waals surface area contributed by atoms with E-state index in [4.69, 9.17) is 34.3 Å². The minimum Gasteiger partial charge on any atom is -0.455 e. The second-order valence-electron chi connectivity index (χ2n) is 33.9. The molecule has 0 saturated carbocycles. The highest BCUT2D eigenvalue weighted by Gasteiger charge is 2.31. The first kappa shape index (κ1) is 69.5. The van der Waals surface area contributed by atoms with Crippen LogP contribution in [0.25, 0.3) is 285 Å². The molecule has 590 valence electrons. The summed E-state index contributed by atoms with van der Waals surface area (Å²) in [6, 6.07) is 141. The van der Waals surface area contributed by atoms with Crippen molar-refractivity contribution in [2.24, 2.45) is 0 Å². The monoisotopic (exact) mass is 1640 g/mol. The number of benzene rings is 19. The molecule has 9 aromatic heterocycles. The number of fused-ring (bicyclic) bond motifs is 19. The summed E-state index contributed by atoms with van der Waals surface area (Å²) in [4.78, 5) is 34.4. The van der Waals surface area contributed by atoms with E-state index in [0.29, 0.717) is 17.8 Å². The van der Waals surface area contributed by atoms with Gasteiger partial charge >= 0.3 is 0 Å². The van der Waals surface area contributed by atoms with E-state index >= 15 is 0 Å². The van der Waals surface area contributed by atoms with Crippen LogP contribution in [0.2, 0.25) is 0 Å². The summed E-state index contributed by atoms with van der Waals surface area (Å²) >= 11 is 1.86. The molecular weight excluding hydrogens is 1580 g/mol. The number of thiophene rings is 1. The summed E-state index contributed by atoms with van der Waals surface area (Å²) in [5, 5.41) is 20.4. The predicted octanol–water partition coefficient (Wildman–Crippen LogP) is 30.5. The molecule has 0 amide bonds. The van der Waals surface area contributed by atoms with Gasteiger partial charge in [-0.1, -0.05) is 279 Å². The van der Waals surface area contributed by atoms with Gasteiger partial charge in [0.15, 0.2) is 0 Å². The lowest BCUT2D eigenvalue weighted by Gasteiger charge is -2.15. The molecule has 128 heavy (non-hydrogen) atoms. The zero-order valence-corrected chi connectivity index (χ0v) is 69.1. The topological polar surface area (TPSA) is 110 Å². The predicted molar refractivity (Wildman–Crippen MR) is 530 cm³/mol. The molecule has 0 radical (unpaired) electrons. The fourth-order valence-corrected chi connectivity index (χ4v) is 22.7.